The van der Waals surface area contributed by atoms with E-state index >= 15 is 0 Å². The Morgan fingerprint density at radius 2 is 1.95 bits per heavy atom. The van der Waals surface area contributed by atoms with E-state index in [0.717, 1.165) is 23.7 Å². The van der Waals surface area contributed by atoms with Crippen LogP contribution in [0.15, 0.2) is 47.2 Å². The Hall–Kier alpha value is -1.23. The van der Waals surface area contributed by atoms with Gasteiger partial charge in [0, 0.05) is 22.9 Å². The molecule has 0 fully saturated rings. The highest BCUT2D eigenvalue weighted by Crippen LogP contribution is 2.29. The molecule has 1 atom stereocenters. The van der Waals surface area contributed by atoms with Gasteiger partial charge in [-0.25, -0.2) is 0 Å². The maximum absolute atomic E-state index is 5.79. The third kappa shape index (κ3) is 2.92. The van der Waals surface area contributed by atoms with Crippen LogP contribution in [0.1, 0.15) is 16.7 Å². The molecule has 0 saturated heterocycles. The number of halogens is 1. The van der Waals surface area contributed by atoms with Gasteiger partial charge in [-0.3, -0.25) is 16.3 Å². The average molecular weight is 332 g/mol. The number of hydrazine groups is 1. The van der Waals surface area contributed by atoms with Gasteiger partial charge in [0.15, 0.2) is 0 Å². The number of pyridine rings is 1. The fraction of sp³-hybridized carbons (Fsp3) is 0.312. The molecule has 104 valence electrons. The van der Waals surface area contributed by atoms with Gasteiger partial charge in [0.05, 0.1) is 0 Å². The number of fused-ring (bicyclic) bond motifs is 1. The predicted octanol–water partition coefficient (Wildman–Crippen LogP) is 2.63. The minimum atomic E-state index is 0.276. The Balaban J connectivity index is 1.72. The molecule has 0 radical (unpaired) electrons. The molecule has 3 nitrogen and oxygen atoms in total. The standard InChI is InChI=1S/C16H18BrN3/c17-15-5-11(9-19-10-15)6-16(20-18)14-7-12-3-1-2-4-13(12)8-14/h1-5,9-10,14,16,20H,6-8,18H2. The van der Waals surface area contributed by atoms with Crippen LogP contribution in [0.5, 0.6) is 0 Å². The predicted molar refractivity (Wildman–Crippen MR) is 84.1 cm³/mol. The molecular weight excluding hydrogens is 314 g/mol. The molecule has 4 heteroatoms. The molecule has 3 rings (SSSR count). The molecule has 1 aromatic heterocycles. The lowest BCUT2D eigenvalue weighted by molar-refractivity contribution is 0.366. The van der Waals surface area contributed by atoms with Crippen molar-refractivity contribution in [2.45, 2.75) is 25.3 Å². The molecule has 0 saturated carbocycles. The van der Waals surface area contributed by atoms with Gasteiger partial charge in [-0.2, -0.15) is 0 Å². The van der Waals surface area contributed by atoms with E-state index in [2.05, 4.69) is 56.7 Å². The lowest BCUT2D eigenvalue weighted by Gasteiger charge is -2.22. The van der Waals surface area contributed by atoms with E-state index in [4.69, 9.17) is 5.84 Å². The van der Waals surface area contributed by atoms with Crippen LogP contribution in [-0.4, -0.2) is 11.0 Å². The maximum atomic E-state index is 5.79. The zero-order chi connectivity index (χ0) is 13.9. The zero-order valence-corrected chi connectivity index (χ0v) is 12.8. The third-order valence-electron chi connectivity index (χ3n) is 4.08. The topological polar surface area (TPSA) is 50.9 Å². The number of hydrogen-bond acceptors (Lipinski definition) is 3. The van der Waals surface area contributed by atoms with Crippen molar-refractivity contribution in [2.24, 2.45) is 11.8 Å². The third-order valence-corrected chi connectivity index (χ3v) is 4.52. The van der Waals surface area contributed by atoms with Gasteiger partial charge in [-0.15, -0.1) is 0 Å². The molecule has 1 heterocycles. The molecule has 1 aliphatic carbocycles. The Kier molecular flexibility index (Phi) is 4.15. The number of rotatable bonds is 4. The monoisotopic (exact) mass is 331 g/mol. The van der Waals surface area contributed by atoms with Gasteiger partial charge in [0.1, 0.15) is 0 Å². The smallest absolute Gasteiger partial charge is 0.0410 e. The van der Waals surface area contributed by atoms with Crippen LogP contribution in [0, 0.1) is 5.92 Å². The molecule has 1 aliphatic rings. The van der Waals surface area contributed by atoms with Crippen molar-refractivity contribution < 1.29 is 0 Å². The Labute approximate surface area is 127 Å². The second-order valence-electron chi connectivity index (χ2n) is 5.43. The number of benzene rings is 1. The Morgan fingerprint density at radius 1 is 1.25 bits per heavy atom. The van der Waals surface area contributed by atoms with Crippen LogP contribution < -0.4 is 11.3 Å². The van der Waals surface area contributed by atoms with Crippen LogP contribution in [0.2, 0.25) is 0 Å². The summed E-state index contributed by atoms with van der Waals surface area (Å²) in [5.41, 5.74) is 7.14. The SMILES string of the molecule is NNC(Cc1cncc(Br)c1)C1Cc2ccccc2C1. The van der Waals surface area contributed by atoms with E-state index in [9.17, 15) is 0 Å². The van der Waals surface area contributed by atoms with Crippen molar-refractivity contribution in [3.63, 3.8) is 0 Å². The van der Waals surface area contributed by atoms with Crippen LogP contribution in [-0.2, 0) is 19.3 Å². The second-order valence-corrected chi connectivity index (χ2v) is 6.34. The second kappa shape index (κ2) is 6.04. The Bertz CT molecular complexity index is 575. The van der Waals surface area contributed by atoms with Crippen LogP contribution in [0.25, 0.3) is 0 Å². The lowest BCUT2D eigenvalue weighted by Crippen LogP contribution is -2.42. The molecule has 1 aromatic carbocycles. The minimum absolute atomic E-state index is 0.276. The molecule has 3 N–H and O–H groups in total. The van der Waals surface area contributed by atoms with Gasteiger partial charge in [0.25, 0.3) is 0 Å². The molecule has 0 amide bonds. The quantitative estimate of drug-likeness (QED) is 0.668. The van der Waals surface area contributed by atoms with Crippen molar-refractivity contribution in [3.05, 3.63) is 63.9 Å². The molecule has 0 aliphatic heterocycles. The molecule has 0 spiro atoms. The zero-order valence-electron chi connectivity index (χ0n) is 11.2. The number of nitrogens with two attached hydrogens (primary N) is 1. The summed E-state index contributed by atoms with van der Waals surface area (Å²) in [7, 11) is 0. The van der Waals surface area contributed by atoms with Crippen LogP contribution >= 0.6 is 15.9 Å². The fourth-order valence-corrected chi connectivity index (χ4v) is 3.47. The van der Waals surface area contributed by atoms with Gasteiger partial charge < -0.3 is 0 Å². The molecule has 1 unspecified atom stereocenters. The van der Waals surface area contributed by atoms with Gasteiger partial charge in [-0.1, -0.05) is 24.3 Å². The number of nitrogens with zero attached hydrogens (tertiary/aromatic N) is 1. The largest absolute Gasteiger partial charge is 0.271 e. The average Bonchev–Trinajstić information content (AvgIpc) is 2.88. The molecule has 0 bridgehead atoms. The van der Waals surface area contributed by atoms with Crippen molar-refractivity contribution in [2.75, 3.05) is 0 Å². The van der Waals surface area contributed by atoms with Gasteiger partial charge in [0.2, 0.25) is 0 Å². The van der Waals surface area contributed by atoms with E-state index in [-0.39, 0.29) is 6.04 Å². The number of aromatic nitrogens is 1. The van der Waals surface area contributed by atoms with Gasteiger partial charge in [-0.05, 0) is 63.9 Å². The molecule has 20 heavy (non-hydrogen) atoms. The summed E-state index contributed by atoms with van der Waals surface area (Å²) in [6.07, 6.45) is 6.83. The first-order valence-electron chi connectivity index (χ1n) is 6.88. The maximum Gasteiger partial charge on any atom is 0.0410 e. The first kappa shape index (κ1) is 13.7. The van der Waals surface area contributed by atoms with Crippen molar-refractivity contribution in [1.29, 1.82) is 0 Å². The van der Waals surface area contributed by atoms with Crippen molar-refractivity contribution in [3.8, 4) is 0 Å². The van der Waals surface area contributed by atoms with Crippen LogP contribution in [0.3, 0.4) is 0 Å². The molecular formula is C16H18BrN3. The summed E-state index contributed by atoms with van der Waals surface area (Å²) in [5.74, 6) is 6.34. The normalized spacial score (nSPS) is 16.1. The highest BCUT2D eigenvalue weighted by atomic mass is 79.9. The summed E-state index contributed by atoms with van der Waals surface area (Å²) < 4.78 is 1.01. The van der Waals surface area contributed by atoms with Crippen LogP contribution in [0.4, 0.5) is 0 Å². The Morgan fingerprint density at radius 3 is 2.55 bits per heavy atom. The number of nitrogens with one attached hydrogen (secondary N) is 1. The summed E-state index contributed by atoms with van der Waals surface area (Å²) in [6, 6.07) is 11.1. The van der Waals surface area contributed by atoms with Crippen molar-refractivity contribution in [1.82, 2.24) is 10.4 Å². The fourth-order valence-electron chi connectivity index (χ4n) is 3.06. The number of hydrogen-bond donors (Lipinski definition) is 2. The van der Waals surface area contributed by atoms with E-state index in [1.54, 1.807) is 6.20 Å². The van der Waals surface area contributed by atoms with Gasteiger partial charge >= 0.3 is 0 Å². The van der Waals surface area contributed by atoms with E-state index in [1.165, 1.54) is 16.7 Å². The highest BCUT2D eigenvalue weighted by molar-refractivity contribution is 9.10. The summed E-state index contributed by atoms with van der Waals surface area (Å²) in [5, 5.41) is 0. The van der Waals surface area contributed by atoms with Crippen molar-refractivity contribution >= 4 is 15.9 Å². The minimum Gasteiger partial charge on any atom is -0.271 e. The van der Waals surface area contributed by atoms with E-state index in [1.807, 2.05) is 6.20 Å². The summed E-state index contributed by atoms with van der Waals surface area (Å²) in [4.78, 5) is 4.22. The summed E-state index contributed by atoms with van der Waals surface area (Å²) in [6.45, 7) is 0. The molecule has 2 aromatic rings. The van der Waals surface area contributed by atoms with E-state index < -0.39 is 0 Å². The first-order valence-corrected chi connectivity index (χ1v) is 7.68. The summed E-state index contributed by atoms with van der Waals surface area (Å²) >= 11 is 3.47. The highest BCUT2D eigenvalue weighted by Gasteiger charge is 2.28. The van der Waals surface area contributed by atoms with E-state index in [0.29, 0.717) is 5.92 Å². The lowest BCUT2D eigenvalue weighted by atomic mass is 9.92. The first-order chi connectivity index (χ1) is 9.76.